The molecule has 3 rings (SSSR count). The van der Waals surface area contributed by atoms with Crippen molar-refractivity contribution < 1.29 is 14.1 Å². The molecule has 2 aromatic rings. The van der Waals surface area contributed by atoms with Crippen molar-refractivity contribution >= 4 is 11.7 Å². The Hall–Kier alpha value is -2.57. The molecule has 1 fully saturated rings. The number of nitrogens with zero attached hydrogens (tertiary/aromatic N) is 4. The monoisotopic (exact) mass is 344 g/mol. The third-order valence-electron chi connectivity index (χ3n) is 4.22. The summed E-state index contributed by atoms with van der Waals surface area (Å²) < 4.78 is 11.3. The lowest BCUT2D eigenvalue weighted by Crippen LogP contribution is -2.31. The van der Waals surface area contributed by atoms with E-state index in [9.17, 15) is 4.79 Å². The van der Waals surface area contributed by atoms with Crippen LogP contribution in [-0.4, -0.2) is 54.2 Å². The van der Waals surface area contributed by atoms with Gasteiger partial charge in [-0.15, -0.1) is 0 Å². The van der Waals surface area contributed by atoms with Crippen molar-refractivity contribution in [2.45, 2.75) is 32.3 Å². The van der Waals surface area contributed by atoms with Crippen molar-refractivity contribution in [2.75, 3.05) is 32.1 Å². The number of aromatic nitrogens is 2. The number of hydrogen-bond acceptors (Lipinski definition) is 6. The van der Waals surface area contributed by atoms with Crippen molar-refractivity contribution in [3.63, 3.8) is 0 Å². The van der Waals surface area contributed by atoms with Crippen molar-refractivity contribution in [2.24, 2.45) is 0 Å². The standard InChI is InChI=1S/C18H24N4O3/c1-12(2)16-10-14(20-25-16)18(23)22-9-7-13(11-22)24-15-6-5-8-19-17(15)21(3)4/h5-6,8,10,12-13H,7,9,11H2,1-4H3/t13-/m1/s1. The molecular formula is C18H24N4O3. The van der Waals surface area contributed by atoms with Gasteiger partial charge in [0.05, 0.1) is 6.54 Å². The molecule has 1 saturated heterocycles. The molecule has 1 aliphatic rings. The lowest BCUT2D eigenvalue weighted by molar-refractivity contribution is 0.0762. The summed E-state index contributed by atoms with van der Waals surface area (Å²) in [6.07, 6.45) is 2.47. The summed E-state index contributed by atoms with van der Waals surface area (Å²) in [5.74, 6) is 2.33. The normalized spacial score (nSPS) is 17.2. The van der Waals surface area contributed by atoms with Crippen molar-refractivity contribution in [1.29, 1.82) is 0 Å². The van der Waals surface area contributed by atoms with E-state index in [1.165, 1.54) is 0 Å². The van der Waals surface area contributed by atoms with Gasteiger partial charge in [0.15, 0.2) is 17.3 Å². The fourth-order valence-corrected chi connectivity index (χ4v) is 2.82. The molecule has 0 unspecified atom stereocenters. The molecule has 1 atom stereocenters. The average Bonchev–Trinajstić information content (AvgIpc) is 3.24. The van der Waals surface area contributed by atoms with Crippen LogP contribution < -0.4 is 9.64 Å². The molecule has 3 heterocycles. The highest BCUT2D eigenvalue weighted by Gasteiger charge is 2.30. The van der Waals surface area contributed by atoms with Crippen LogP contribution in [-0.2, 0) is 0 Å². The number of ether oxygens (including phenoxy) is 1. The van der Waals surface area contributed by atoms with Crippen molar-refractivity contribution in [3.8, 4) is 5.75 Å². The molecule has 0 N–H and O–H groups in total. The lowest BCUT2D eigenvalue weighted by Gasteiger charge is -2.20. The van der Waals surface area contributed by atoms with E-state index in [0.717, 1.165) is 23.7 Å². The summed E-state index contributed by atoms with van der Waals surface area (Å²) in [7, 11) is 3.85. The summed E-state index contributed by atoms with van der Waals surface area (Å²) in [5, 5.41) is 3.90. The Bertz CT molecular complexity index is 741. The van der Waals surface area contributed by atoms with Gasteiger partial charge in [0.1, 0.15) is 11.9 Å². The van der Waals surface area contributed by atoms with E-state index >= 15 is 0 Å². The van der Waals surface area contributed by atoms with E-state index < -0.39 is 0 Å². The Morgan fingerprint density at radius 1 is 1.44 bits per heavy atom. The van der Waals surface area contributed by atoms with Gasteiger partial charge in [-0.25, -0.2) is 4.98 Å². The van der Waals surface area contributed by atoms with Gasteiger partial charge in [-0.05, 0) is 12.1 Å². The van der Waals surface area contributed by atoms with Gasteiger partial charge in [-0.3, -0.25) is 4.79 Å². The van der Waals surface area contributed by atoms with E-state index in [1.54, 1.807) is 17.2 Å². The zero-order chi connectivity index (χ0) is 18.0. The molecule has 2 aromatic heterocycles. The van der Waals surface area contributed by atoms with Crippen LogP contribution in [0.5, 0.6) is 5.75 Å². The molecule has 1 amide bonds. The highest BCUT2D eigenvalue weighted by Crippen LogP contribution is 2.27. The van der Waals surface area contributed by atoms with E-state index in [0.29, 0.717) is 18.8 Å². The second kappa shape index (κ2) is 7.13. The van der Waals surface area contributed by atoms with Gasteiger partial charge < -0.3 is 19.1 Å². The summed E-state index contributed by atoms with van der Waals surface area (Å²) >= 11 is 0. The molecule has 0 saturated carbocycles. The summed E-state index contributed by atoms with van der Waals surface area (Å²) in [6, 6.07) is 5.48. The number of pyridine rings is 1. The Labute approximate surface area is 147 Å². The summed E-state index contributed by atoms with van der Waals surface area (Å²) in [5.41, 5.74) is 0.361. The Morgan fingerprint density at radius 3 is 2.92 bits per heavy atom. The fourth-order valence-electron chi connectivity index (χ4n) is 2.82. The summed E-state index contributed by atoms with van der Waals surface area (Å²) in [6.45, 7) is 5.19. The second-order valence-electron chi connectivity index (χ2n) is 6.77. The molecule has 25 heavy (non-hydrogen) atoms. The predicted molar refractivity (Wildman–Crippen MR) is 94.1 cm³/mol. The van der Waals surface area contributed by atoms with E-state index in [2.05, 4.69) is 10.1 Å². The number of carbonyl (C=O) groups excluding carboxylic acids is 1. The van der Waals surface area contributed by atoms with Gasteiger partial charge in [-0.1, -0.05) is 19.0 Å². The minimum atomic E-state index is -0.110. The number of amides is 1. The first-order valence-corrected chi connectivity index (χ1v) is 8.50. The first-order chi connectivity index (χ1) is 12.0. The maximum absolute atomic E-state index is 12.6. The smallest absolute Gasteiger partial charge is 0.276 e. The quantitative estimate of drug-likeness (QED) is 0.830. The third-order valence-corrected chi connectivity index (χ3v) is 4.22. The van der Waals surface area contributed by atoms with Crippen LogP contribution in [0.4, 0.5) is 5.82 Å². The zero-order valence-electron chi connectivity index (χ0n) is 15.1. The molecule has 1 aliphatic heterocycles. The van der Waals surface area contributed by atoms with Gasteiger partial charge >= 0.3 is 0 Å². The molecule has 0 spiro atoms. The number of carbonyl (C=O) groups is 1. The topological polar surface area (TPSA) is 71.7 Å². The number of rotatable bonds is 5. The fraction of sp³-hybridized carbons (Fsp3) is 0.500. The van der Waals surface area contributed by atoms with Crippen LogP contribution in [0.1, 0.15) is 42.4 Å². The maximum atomic E-state index is 12.6. The van der Waals surface area contributed by atoms with E-state index in [4.69, 9.17) is 9.26 Å². The van der Waals surface area contributed by atoms with E-state index in [-0.39, 0.29) is 17.9 Å². The van der Waals surface area contributed by atoms with Crippen LogP contribution in [0.2, 0.25) is 0 Å². The van der Waals surface area contributed by atoms with Crippen LogP contribution >= 0.6 is 0 Å². The highest BCUT2D eigenvalue weighted by atomic mass is 16.5. The van der Waals surface area contributed by atoms with Crippen LogP contribution in [0.15, 0.2) is 28.9 Å². The molecule has 134 valence electrons. The van der Waals surface area contributed by atoms with Gasteiger partial charge in [0.2, 0.25) is 0 Å². The molecule has 0 bridgehead atoms. The maximum Gasteiger partial charge on any atom is 0.276 e. The SMILES string of the molecule is CC(C)c1cc(C(=O)N2CC[C@@H](Oc3cccnc3N(C)C)C2)no1. The zero-order valence-corrected chi connectivity index (χ0v) is 15.1. The molecule has 7 heteroatoms. The molecule has 0 radical (unpaired) electrons. The Morgan fingerprint density at radius 2 is 2.24 bits per heavy atom. The average molecular weight is 344 g/mol. The number of likely N-dealkylation sites (tertiary alicyclic amines) is 1. The molecule has 0 aliphatic carbocycles. The van der Waals surface area contributed by atoms with Crippen LogP contribution in [0, 0.1) is 0 Å². The summed E-state index contributed by atoms with van der Waals surface area (Å²) in [4.78, 5) is 20.6. The molecule has 7 nitrogen and oxygen atoms in total. The minimum Gasteiger partial charge on any atom is -0.485 e. The van der Waals surface area contributed by atoms with Gasteiger partial charge in [0, 0.05) is 45.2 Å². The molecule has 0 aromatic carbocycles. The third kappa shape index (κ3) is 3.75. The van der Waals surface area contributed by atoms with Crippen LogP contribution in [0.25, 0.3) is 0 Å². The number of anilines is 1. The minimum absolute atomic E-state index is 0.0525. The predicted octanol–water partition coefficient (Wildman–Crippen LogP) is 2.55. The Balaban J connectivity index is 1.64. The van der Waals surface area contributed by atoms with Gasteiger partial charge in [0.25, 0.3) is 5.91 Å². The largest absolute Gasteiger partial charge is 0.485 e. The number of hydrogen-bond donors (Lipinski definition) is 0. The van der Waals surface area contributed by atoms with E-state index in [1.807, 2.05) is 45.0 Å². The molecular weight excluding hydrogens is 320 g/mol. The van der Waals surface area contributed by atoms with Gasteiger partial charge in [-0.2, -0.15) is 0 Å². The second-order valence-corrected chi connectivity index (χ2v) is 6.77. The highest BCUT2D eigenvalue weighted by molar-refractivity contribution is 5.92. The van der Waals surface area contributed by atoms with Crippen molar-refractivity contribution in [1.82, 2.24) is 15.0 Å². The first-order valence-electron chi connectivity index (χ1n) is 8.50. The van der Waals surface area contributed by atoms with Crippen molar-refractivity contribution in [3.05, 3.63) is 35.9 Å². The van der Waals surface area contributed by atoms with Crippen LogP contribution in [0.3, 0.4) is 0 Å². The lowest BCUT2D eigenvalue weighted by atomic mass is 10.1. The Kier molecular flexibility index (Phi) is 4.92. The first kappa shape index (κ1) is 17.3.